The summed E-state index contributed by atoms with van der Waals surface area (Å²) in [5.74, 6) is 0.290. The lowest BCUT2D eigenvalue weighted by Gasteiger charge is -2.03. The molecule has 0 spiro atoms. The van der Waals surface area contributed by atoms with Crippen LogP contribution in [0.15, 0.2) is 96.2 Å². The Bertz CT molecular complexity index is 1240. The number of rotatable bonds is 5. The first-order chi connectivity index (χ1) is 14.7. The van der Waals surface area contributed by atoms with Crippen LogP contribution in [-0.4, -0.2) is 27.1 Å². The molecule has 0 unspecified atom stereocenters. The summed E-state index contributed by atoms with van der Waals surface area (Å²) >= 11 is 0. The zero-order valence-electron chi connectivity index (χ0n) is 16.3. The van der Waals surface area contributed by atoms with Crippen LogP contribution in [0.1, 0.15) is 10.4 Å². The van der Waals surface area contributed by atoms with Crippen molar-refractivity contribution in [1.29, 1.82) is 0 Å². The van der Waals surface area contributed by atoms with E-state index in [1.54, 1.807) is 37.8 Å². The fraction of sp³-hybridized carbons (Fsp3) is 0.0417. The van der Waals surface area contributed by atoms with Gasteiger partial charge in [0.2, 0.25) is 0 Å². The summed E-state index contributed by atoms with van der Waals surface area (Å²) < 4.78 is 7.76. The van der Waals surface area contributed by atoms with E-state index in [1.165, 1.54) is 10.6 Å². The Morgan fingerprint density at radius 1 is 1.00 bits per heavy atom. The molecule has 6 heteroatoms. The third kappa shape index (κ3) is 3.84. The molecule has 4 rings (SSSR count). The van der Waals surface area contributed by atoms with Gasteiger partial charge in [0, 0.05) is 30.2 Å². The second-order valence-corrected chi connectivity index (χ2v) is 6.52. The van der Waals surface area contributed by atoms with Crippen LogP contribution in [-0.2, 0) is 0 Å². The molecule has 0 bridgehead atoms. The van der Waals surface area contributed by atoms with E-state index in [1.807, 2.05) is 60.7 Å². The molecule has 0 aliphatic heterocycles. The second-order valence-electron chi connectivity index (χ2n) is 6.52. The number of hydrogen-bond acceptors (Lipinski definition) is 4. The molecule has 0 amide bonds. The summed E-state index contributed by atoms with van der Waals surface area (Å²) in [6.07, 6.45) is 7.99. The van der Waals surface area contributed by atoms with Crippen LogP contribution in [0.5, 0.6) is 5.75 Å². The smallest absolute Gasteiger partial charge is 0.340 e. The number of para-hydroxylation sites is 1. The molecule has 0 aliphatic rings. The van der Waals surface area contributed by atoms with Crippen LogP contribution in [0.3, 0.4) is 0 Å². The number of carbonyl (C=O) groups excluding carboxylic acids is 1. The number of nitrogens with zero attached hydrogens (tertiary/aromatic N) is 3. The number of benzene rings is 2. The minimum atomic E-state index is -0.440. The maximum atomic E-state index is 13.1. The van der Waals surface area contributed by atoms with Gasteiger partial charge in [-0.15, -0.1) is 0 Å². The molecule has 0 saturated carbocycles. The van der Waals surface area contributed by atoms with E-state index in [2.05, 4.69) is 4.98 Å². The van der Waals surface area contributed by atoms with Crippen LogP contribution < -0.4 is 10.4 Å². The minimum Gasteiger partial charge on any atom is -0.497 e. The highest BCUT2D eigenvalue weighted by Gasteiger charge is 2.18. The van der Waals surface area contributed by atoms with Gasteiger partial charge in [-0.2, -0.15) is 0 Å². The Hall–Kier alpha value is -4.19. The van der Waals surface area contributed by atoms with Gasteiger partial charge in [0.05, 0.1) is 18.5 Å². The van der Waals surface area contributed by atoms with Crippen molar-refractivity contribution in [2.45, 2.75) is 0 Å². The molecule has 0 radical (unpaired) electrons. The van der Waals surface area contributed by atoms with E-state index in [0.717, 1.165) is 15.9 Å². The number of aromatic nitrogens is 3. The predicted octanol–water partition coefficient (Wildman–Crippen LogP) is 4.06. The van der Waals surface area contributed by atoms with E-state index >= 15 is 0 Å². The quantitative estimate of drug-likeness (QED) is 0.476. The predicted molar refractivity (Wildman–Crippen MR) is 116 cm³/mol. The number of methoxy groups -OCH3 is 1. The zero-order valence-corrected chi connectivity index (χ0v) is 16.3. The van der Waals surface area contributed by atoms with Crippen LogP contribution in [0.2, 0.25) is 0 Å². The van der Waals surface area contributed by atoms with Crippen molar-refractivity contribution in [3.8, 4) is 22.7 Å². The Labute approximate surface area is 173 Å². The molecule has 2 aromatic carbocycles. The fourth-order valence-electron chi connectivity index (χ4n) is 3.11. The lowest BCUT2D eigenvalue weighted by molar-refractivity contribution is 0.0967. The van der Waals surface area contributed by atoms with Gasteiger partial charge in [0.1, 0.15) is 5.75 Å². The number of imidazole rings is 1. The van der Waals surface area contributed by atoms with E-state index < -0.39 is 11.6 Å². The Morgan fingerprint density at radius 2 is 1.77 bits per heavy atom. The van der Waals surface area contributed by atoms with Crippen LogP contribution in [0, 0.1) is 0 Å². The second kappa shape index (κ2) is 8.45. The number of allylic oxidation sites excluding steroid dienone is 1. The van der Waals surface area contributed by atoms with Crippen molar-refractivity contribution in [2.75, 3.05) is 7.11 Å². The lowest BCUT2D eigenvalue weighted by atomic mass is 10.2. The van der Waals surface area contributed by atoms with Crippen molar-refractivity contribution in [3.63, 3.8) is 0 Å². The van der Waals surface area contributed by atoms with Gasteiger partial charge in [-0.3, -0.25) is 14.3 Å². The van der Waals surface area contributed by atoms with Gasteiger partial charge < -0.3 is 4.74 Å². The third-order valence-corrected chi connectivity index (χ3v) is 4.64. The first kappa shape index (κ1) is 19.1. The van der Waals surface area contributed by atoms with Gasteiger partial charge in [-0.25, -0.2) is 9.36 Å². The van der Waals surface area contributed by atoms with Crippen LogP contribution in [0.4, 0.5) is 0 Å². The normalized spacial score (nSPS) is 11.0. The molecule has 0 atom stereocenters. The molecule has 2 aromatic heterocycles. The first-order valence-electron chi connectivity index (χ1n) is 9.34. The molecule has 0 aliphatic carbocycles. The van der Waals surface area contributed by atoms with Gasteiger partial charge in [-0.1, -0.05) is 30.3 Å². The highest BCUT2D eigenvalue weighted by molar-refractivity contribution is 5.96. The Kier molecular flexibility index (Phi) is 5.39. The van der Waals surface area contributed by atoms with Crippen molar-refractivity contribution in [2.24, 2.45) is 0 Å². The summed E-state index contributed by atoms with van der Waals surface area (Å²) in [7, 11) is 1.60. The topological polar surface area (TPSA) is 66.1 Å². The molecule has 30 heavy (non-hydrogen) atoms. The summed E-state index contributed by atoms with van der Waals surface area (Å²) in [6.45, 7) is 0. The highest BCUT2D eigenvalue weighted by atomic mass is 16.5. The maximum absolute atomic E-state index is 13.1. The average molecular weight is 397 g/mol. The van der Waals surface area contributed by atoms with E-state index in [0.29, 0.717) is 16.9 Å². The molecule has 2 heterocycles. The van der Waals surface area contributed by atoms with Crippen molar-refractivity contribution < 1.29 is 9.53 Å². The Morgan fingerprint density at radius 3 is 2.43 bits per heavy atom. The molecule has 0 N–H and O–H groups in total. The van der Waals surface area contributed by atoms with E-state index in [9.17, 15) is 9.59 Å². The summed E-state index contributed by atoms with van der Waals surface area (Å²) in [6, 6.07) is 20.1. The van der Waals surface area contributed by atoms with Gasteiger partial charge in [0.25, 0.3) is 5.91 Å². The highest BCUT2D eigenvalue weighted by Crippen LogP contribution is 2.19. The number of pyridine rings is 1. The zero-order chi connectivity index (χ0) is 20.9. The third-order valence-electron chi connectivity index (χ3n) is 4.64. The molecular formula is C24H19N3O3. The van der Waals surface area contributed by atoms with Crippen molar-refractivity contribution >= 4 is 12.0 Å². The van der Waals surface area contributed by atoms with Crippen molar-refractivity contribution in [1.82, 2.24) is 14.1 Å². The summed E-state index contributed by atoms with van der Waals surface area (Å²) in [4.78, 5) is 30.3. The van der Waals surface area contributed by atoms with Crippen LogP contribution >= 0.6 is 0 Å². The minimum absolute atomic E-state index is 0.440. The van der Waals surface area contributed by atoms with Gasteiger partial charge in [-0.05, 0) is 48.0 Å². The standard InChI is InChI=1S/C24H19N3O3/c1-30-21-12-9-18(10-13-21)11-14-23(28)27-22(19-6-5-15-25-16-19)17-26(24(27)29)20-7-3-2-4-8-20/h2-17H,1H3/b14-11+. The molecule has 4 aromatic rings. The largest absolute Gasteiger partial charge is 0.497 e. The lowest BCUT2D eigenvalue weighted by Crippen LogP contribution is -2.27. The molecule has 0 fully saturated rings. The monoisotopic (exact) mass is 397 g/mol. The number of hydrogen-bond donors (Lipinski definition) is 0. The fourth-order valence-corrected chi connectivity index (χ4v) is 3.11. The molecule has 6 nitrogen and oxygen atoms in total. The van der Waals surface area contributed by atoms with Gasteiger partial charge >= 0.3 is 5.69 Å². The molecule has 148 valence electrons. The number of ether oxygens (including phenoxy) is 1. The van der Waals surface area contributed by atoms with Crippen LogP contribution in [0.25, 0.3) is 23.0 Å². The summed E-state index contributed by atoms with van der Waals surface area (Å²) in [5, 5.41) is 0. The average Bonchev–Trinajstić information content (AvgIpc) is 3.16. The SMILES string of the molecule is COc1ccc(/C=C/C(=O)n2c(-c3cccnc3)cn(-c3ccccc3)c2=O)cc1. The first-order valence-corrected chi connectivity index (χ1v) is 9.34. The van der Waals surface area contributed by atoms with E-state index in [4.69, 9.17) is 4.74 Å². The molecule has 0 saturated heterocycles. The van der Waals surface area contributed by atoms with Gasteiger partial charge in [0.15, 0.2) is 0 Å². The maximum Gasteiger partial charge on any atom is 0.340 e. The summed E-state index contributed by atoms with van der Waals surface area (Å²) in [5.41, 5.74) is 2.21. The van der Waals surface area contributed by atoms with E-state index in [-0.39, 0.29) is 0 Å². The number of carbonyl (C=O) groups is 1. The molecular weight excluding hydrogens is 378 g/mol. The van der Waals surface area contributed by atoms with Crippen molar-refractivity contribution in [3.05, 3.63) is 107 Å². The Balaban J connectivity index is 1.77.